The van der Waals surface area contributed by atoms with E-state index in [4.69, 9.17) is 23.2 Å². The predicted octanol–water partition coefficient (Wildman–Crippen LogP) is 5.82. The number of unbranched alkanes of at least 4 members (excludes halogenated alkanes) is 1. The molecule has 6 nitrogen and oxygen atoms in total. The molecule has 174 valence electrons. The summed E-state index contributed by atoms with van der Waals surface area (Å²) in [5.41, 5.74) is -0.204. The number of carboxylic acid groups (broad SMARTS) is 1. The summed E-state index contributed by atoms with van der Waals surface area (Å²) < 4.78 is 43.6. The minimum atomic E-state index is -4.42. The van der Waals surface area contributed by atoms with Crippen LogP contribution >= 0.6 is 23.2 Å². The maximum absolute atomic E-state index is 15.5. The van der Waals surface area contributed by atoms with E-state index in [0.717, 1.165) is 29.6 Å². The largest absolute Gasteiger partial charge is 0.478 e. The van der Waals surface area contributed by atoms with Gasteiger partial charge in [0.25, 0.3) is 10.0 Å². The lowest BCUT2D eigenvalue weighted by atomic mass is 10.1. The number of sulfonamides is 1. The summed E-state index contributed by atoms with van der Waals surface area (Å²) >= 11 is 12.0. The number of carbonyl (C=O) groups is 1. The molecule has 1 aliphatic rings. The van der Waals surface area contributed by atoms with Gasteiger partial charge in [-0.05, 0) is 56.0 Å². The molecular weight excluding hydrogens is 478 g/mol. The quantitative estimate of drug-likeness (QED) is 0.492. The van der Waals surface area contributed by atoms with Crippen molar-refractivity contribution in [2.75, 3.05) is 28.8 Å². The molecule has 10 heteroatoms. The zero-order valence-corrected chi connectivity index (χ0v) is 20.0. The maximum atomic E-state index is 15.5. The molecule has 0 radical (unpaired) electrons. The summed E-state index contributed by atoms with van der Waals surface area (Å²) in [4.78, 5) is 13.1. The summed E-state index contributed by atoms with van der Waals surface area (Å²) in [6, 6.07) is 6.88. The number of piperidine rings is 1. The number of benzene rings is 2. The Morgan fingerprint density at radius 3 is 2.41 bits per heavy atom. The number of carboxylic acids is 1. The van der Waals surface area contributed by atoms with Crippen molar-refractivity contribution in [2.24, 2.45) is 0 Å². The first-order valence-electron chi connectivity index (χ1n) is 10.5. The molecule has 3 rings (SSSR count). The van der Waals surface area contributed by atoms with Gasteiger partial charge in [-0.15, -0.1) is 0 Å². The van der Waals surface area contributed by atoms with Crippen molar-refractivity contribution in [1.82, 2.24) is 0 Å². The topological polar surface area (TPSA) is 77.9 Å². The van der Waals surface area contributed by atoms with E-state index < -0.39 is 32.3 Å². The fourth-order valence-electron chi connectivity index (χ4n) is 3.80. The molecule has 2 aromatic rings. The number of halogens is 3. The Hall–Kier alpha value is -2.03. The Kier molecular flexibility index (Phi) is 7.90. The zero-order chi connectivity index (χ0) is 23.5. The van der Waals surface area contributed by atoms with E-state index in [9.17, 15) is 18.3 Å². The molecule has 32 heavy (non-hydrogen) atoms. The van der Waals surface area contributed by atoms with Gasteiger partial charge in [0.15, 0.2) is 5.82 Å². The van der Waals surface area contributed by atoms with Gasteiger partial charge in [0, 0.05) is 19.6 Å². The van der Waals surface area contributed by atoms with Crippen LogP contribution in [0.25, 0.3) is 0 Å². The SMILES string of the molecule is CCCCN(c1ccc(Cl)c(Cl)c1)S(=O)(=O)c1ccc(N2CCCCC2)c(C(=O)O)c1F. The number of aromatic carboxylic acids is 1. The second-order valence-electron chi connectivity index (χ2n) is 7.65. The molecule has 0 bridgehead atoms. The van der Waals surface area contributed by atoms with Gasteiger partial charge in [-0.3, -0.25) is 4.31 Å². The molecule has 0 aromatic heterocycles. The Morgan fingerprint density at radius 1 is 1.12 bits per heavy atom. The molecule has 1 saturated heterocycles. The lowest BCUT2D eigenvalue weighted by molar-refractivity contribution is 0.0692. The molecule has 0 saturated carbocycles. The van der Waals surface area contributed by atoms with Crippen molar-refractivity contribution in [3.8, 4) is 0 Å². The van der Waals surface area contributed by atoms with Gasteiger partial charge in [-0.1, -0.05) is 36.5 Å². The molecule has 0 atom stereocenters. The first-order chi connectivity index (χ1) is 15.2. The first kappa shape index (κ1) is 24.6. The highest BCUT2D eigenvalue weighted by molar-refractivity contribution is 7.92. The molecular formula is C22H25Cl2FN2O4S. The molecule has 0 aliphatic carbocycles. The third-order valence-corrected chi connectivity index (χ3v) is 8.05. The fraction of sp³-hybridized carbons (Fsp3) is 0.409. The van der Waals surface area contributed by atoms with Gasteiger partial charge >= 0.3 is 5.97 Å². The van der Waals surface area contributed by atoms with Crippen LogP contribution in [-0.2, 0) is 10.0 Å². The van der Waals surface area contributed by atoms with E-state index in [-0.39, 0.29) is 28.0 Å². The average molecular weight is 503 g/mol. The summed E-state index contributed by atoms with van der Waals surface area (Å²) in [5, 5.41) is 10.1. The minimum absolute atomic E-state index is 0.0759. The van der Waals surface area contributed by atoms with Gasteiger partial charge in [-0.25, -0.2) is 17.6 Å². The van der Waals surface area contributed by atoms with E-state index in [1.807, 2.05) is 6.92 Å². The molecule has 0 unspecified atom stereocenters. The van der Waals surface area contributed by atoms with Crippen LogP contribution in [0.4, 0.5) is 15.8 Å². The van der Waals surface area contributed by atoms with E-state index in [1.165, 1.54) is 24.3 Å². The molecule has 1 fully saturated rings. The molecule has 0 amide bonds. The van der Waals surface area contributed by atoms with E-state index in [0.29, 0.717) is 25.9 Å². The number of rotatable bonds is 8. The van der Waals surface area contributed by atoms with Crippen molar-refractivity contribution in [2.45, 2.75) is 43.9 Å². The van der Waals surface area contributed by atoms with Crippen molar-refractivity contribution in [3.05, 3.63) is 51.8 Å². The number of nitrogens with zero attached hydrogens (tertiary/aromatic N) is 2. The van der Waals surface area contributed by atoms with Crippen LogP contribution in [0.3, 0.4) is 0 Å². The summed E-state index contributed by atoms with van der Waals surface area (Å²) in [5.74, 6) is -2.77. The van der Waals surface area contributed by atoms with E-state index >= 15 is 4.39 Å². The van der Waals surface area contributed by atoms with Crippen LogP contribution in [0.1, 0.15) is 49.4 Å². The highest BCUT2D eigenvalue weighted by atomic mass is 35.5. The number of anilines is 2. The lowest BCUT2D eigenvalue weighted by Gasteiger charge is -2.31. The number of hydrogen-bond acceptors (Lipinski definition) is 4. The Labute approximate surface area is 197 Å². The van der Waals surface area contributed by atoms with Gasteiger partial charge < -0.3 is 10.0 Å². The highest BCUT2D eigenvalue weighted by Crippen LogP contribution is 2.35. The third-order valence-electron chi connectivity index (χ3n) is 5.47. The van der Waals surface area contributed by atoms with E-state index in [2.05, 4.69) is 0 Å². The molecule has 1 aliphatic heterocycles. The van der Waals surface area contributed by atoms with E-state index in [1.54, 1.807) is 4.90 Å². The average Bonchev–Trinajstić information content (AvgIpc) is 2.76. The fourth-order valence-corrected chi connectivity index (χ4v) is 5.66. The van der Waals surface area contributed by atoms with Gasteiger partial charge in [0.05, 0.1) is 21.4 Å². The van der Waals surface area contributed by atoms with Gasteiger partial charge in [0.2, 0.25) is 0 Å². The van der Waals surface area contributed by atoms with Gasteiger partial charge in [-0.2, -0.15) is 0 Å². The maximum Gasteiger partial charge on any atom is 0.340 e. The van der Waals surface area contributed by atoms with Crippen molar-refractivity contribution in [1.29, 1.82) is 0 Å². The zero-order valence-electron chi connectivity index (χ0n) is 17.7. The Balaban J connectivity index is 2.12. The summed E-state index contributed by atoms with van der Waals surface area (Å²) in [6.07, 6.45) is 3.96. The molecule has 1 N–H and O–H groups in total. The normalized spacial score (nSPS) is 14.4. The Morgan fingerprint density at radius 2 is 1.81 bits per heavy atom. The standard InChI is InChI=1S/C22H25Cl2FN2O4S/c1-2-3-13-27(15-7-8-16(23)17(24)14-15)32(30,31)19-10-9-18(20(21(19)25)22(28)29)26-11-5-4-6-12-26/h7-10,14H,2-6,11-13H2,1H3,(H,28,29). The van der Waals surface area contributed by atoms with Crippen molar-refractivity contribution in [3.63, 3.8) is 0 Å². The molecule has 2 aromatic carbocycles. The Bertz CT molecular complexity index is 1110. The smallest absolute Gasteiger partial charge is 0.340 e. The van der Waals surface area contributed by atoms with Crippen LogP contribution in [0.15, 0.2) is 35.2 Å². The van der Waals surface area contributed by atoms with Crippen LogP contribution in [0.2, 0.25) is 10.0 Å². The first-order valence-corrected chi connectivity index (χ1v) is 12.7. The van der Waals surface area contributed by atoms with Gasteiger partial charge in [0.1, 0.15) is 10.5 Å². The number of hydrogen-bond donors (Lipinski definition) is 1. The van der Waals surface area contributed by atoms with Crippen LogP contribution in [0, 0.1) is 5.82 Å². The van der Waals surface area contributed by atoms with Crippen LogP contribution < -0.4 is 9.21 Å². The van der Waals surface area contributed by atoms with Crippen molar-refractivity contribution < 1.29 is 22.7 Å². The molecule has 0 spiro atoms. The monoisotopic (exact) mass is 502 g/mol. The van der Waals surface area contributed by atoms with Crippen LogP contribution in [0.5, 0.6) is 0 Å². The summed E-state index contributed by atoms with van der Waals surface area (Å²) in [6.45, 7) is 3.16. The lowest BCUT2D eigenvalue weighted by Crippen LogP contribution is -2.34. The second-order valence-corrected chi connectivity index (χ2v) is 10.3. The second kappa shape index (κ2) is 10.3. The highest BCUT2D eigenvalue weighted by Gasteiger charge is 2.33. The summed E-state index contributed by atoms with van der Waals surface area (Å²) in [7, 11) is -4.42. The third kappa shape index (κ3) is 4.97. The van der Waals surface area contributed by atoms with Crippen molar-refractivity contribution >= 4 is 50.6 Å². The van der Waals surface area contributed by atoms with Crippen LogP contribution in [-0.4, -0.2) is 39.1 Å². The minimum Gasteiger partial charge on any atom is -0.478 e. The molecule has 1 heterocycles. The predicted molar refractivity (Wildman–Crippen MR) is 125 cm³/mol.